The zero-order valence-corrected chi connectivity index (χ0v) is 11.4. The minimum absolute atomic E-state index is 0.246. The minimum Gasteiger partial charge on any atom is -0.372 e. The fourth-order valence-corrected chi connectivity index (χ4v) is 2.51. The van der Waals surface area contributed by atoms with Gasteiger partial charge in [-0.05, 0) is 30.7 Å². The van der Waals surface area contributed by atoms with Gasteiger partial charge in [0, 0.05) is 13.6 Å². The molecule has 1 saturated carbocycles. The van der Waals surface area contributed by atoms with Crippen molar-refractivity contribution in [1.29, 1.82) is 0 Å². The molecule has 2 rings (SSSR count). The summed E-state index contributed by atoms with van der Waals surface area (Å²) in [6.07, 6.45) is 5.71. The van der Waals surface area contributed by atoms with Crippen molar-refractivity contribution in [2.24, 2.45) is 5.41 Å². The second-order valence-corrected chi connectivity index (χ2v) is 5.19. The van der Waals surface area contributed by atoms with Crippen molar-refractivity contribution in [2.45, 2.75) is 32.6 Å². The molecular weight excluding hydrogens is 245 g/mol. The summed E-state index contributed by atoms with van der Waals surface area (Å²) in [5.41, 5.74) is 0.504. The molecule has 1 aromatic heterocycles. The molecule has 104 valence electrons. The Kier molecular flexibility index (Phi) is 4.02. The molecule has 1 fully saturated rings. The molecule has 0 radical (unpaired) electrons. The van der Waals surface area contributed by atoms with Gasteiger partial charge in [-0.15, -0.1) is 0 Å². The number of halogens is 1. The van der Waals surface area contributed by atoms with Gasteiger partial charge in [0.25, 0.3) is 5.91 Å². The standard InChI is InChI=1S/C14H20FN3O/c1-3-14(5-4-6-14)9-18-13(19)11-7-10(15)8-17-12(11)16-2/h7-8H,3-6,9H2,1-2H3,(H,16,17)(H,18,19). The van der Waals surface area contributed by atoms with Crippen molar-refractivity contribution in [3.8, 4) is 0 Å². The number of carbonyl (C=O) groups is 1. The number of aromatic nitrogens is 1. The van der Waals surface area contributed by atoms with E-state index in [2.05, 4.69) is 22.5 Å². The van der Waals surface area contributed by atoms with E-state index in [1.807, 2.05) is 0 Å². The average Bonchev–Trinajstić information content (AvgIpc) is 2.37. The third kappa shape index (κ3) is 2.85. The van der Waals surface area contributed by atoms with Crippen LogP contribution in [-0.4, -0.2) is 24.5 Å². The van der Waals surface area contributed by atoms with Crippen LogP contribution in [0.4, 0.5) is 10.2 Å². The molecule has 1 heterocycles. The SMILES string of the molecule is CCC1(CNC(=O)c2cc(F)cnc2NC)CCC1. The fraction of sp³-hybridized carbons (Fsp3) is 0.571. The summed E-state index contributed by atoms with van der Waals surface area (Å²) in [5.74, 6) is -0.368. The largest absolute Gasteiger partial charge is 0.372 e. The first kappa shape index (κ1) is 13.8. The Balaban J connectivity index is 2.05. The van der Waals surface area contributed by atoms with Crippen LogP contribution in [0.5, 0.6) is 0 Å². The van der Waals surface area contributed by atoms with Crippen LogP contribution >= 0.6 is 0 Å². The second-order valence-electron chi connectivity index (χ2n) is 5.19. The molecular formula is C14H20FN3O. The number of hydrogen-bond donors (Lipinski definition) is 2. The van der Waals surface area contributed by atoms with Crippen LogP contribution in [0.1, 0.15) is 43.0 Å². The van der Waals surface area contributed by atoms with Gasteiger partial charge in [-0.1, -0.05) is 13.3 Å². The van der Waals surface area contributed by atoms with Crippen molar-refractivity contribution in [1.82, 2.24) is 10.3 Å². The Hall–Kier alpha value is -1.65. The van der Waals surface area contributed by atoms with Crippen molar-refractivity contribution < 1.29 is 9.18 Å². The molecule has 0 aromatic carbocycles. The van der Waals surface area contributed by atoms with Gasteiger partial charge in [-0.25, -0.2) is 9.37 Å². The van der Waals surface area contributed by atoms with E-state index in [4.69, 9.17) is 0 Å². The third-order valence-corrected chi connectivity index (χ3v) is 4.12. The fourth-order valence-electron chi connectivity index (χ4n) is 2.51. The van der Waals surface area contributed by atoms with E-state index in [1.165, 1.54) is 12.5 Å². The lowest BCUT2D eigenvalue weighted by Gasteiger charge is -2.41. The van der Waals surface area contributed by atoms with Gasteiger partial charge in [0.1, 0.15) is 11.6 Å². The summed E-state index contributed by atoms with van der Waals surface area (Å²) in [6, 6.07) is 1.22. The van der Waals surface area contributed by atoms with E-state index in [0.717, 1.165) is 25.5 Å². The lowest BCUT2D eigenvalue weighted by Crippen LogP contribution is -2.41. The number of amides is 1. The Bertz CT molecular complexity index is 466. The first-order valence-electron chi connectivity index (χ1n) is 6.72. The summed E-state index contributed by atoms with van der Waals surface area (Å²) in [5, 5.41) is 5.71. The first-order chi connectivity index (χ1) is 9.10. The molecule has 1 aliphatic carbocycles. The van der Waals surface area contributed by atoms with Gasteiger partial charge in [0.05, 0.1) is 11.8 Å². The topological polar surface area (TPSA) is 54.0 Å². The van der Waals surface area contributed by atoms with Crippen LogP contribution in [0.25, 0.3) is 0 Å². The smallest absolute Gasteiger partial charge is 0.255 e. The maximum absolute atomic E-state index is 13.2. The summed E-state index contributed by atoms with van der Waals surface area (Å²) in [6.45, 7) is 2.80. The number of nitrogens with one attached hydrogen (secondary N) is 2. The first-order valence-corrected chi connectivity index (χ1v) is 6.72. The van der Waals surface area contributed by atoms with Gasteiger partial charge < -0.3 is 10.6 Å². The predicted octanol–water partition coefficient (Wildman–Crippen LogP) is 2.57. The number of anilines is 1. The van der Waals surface area contributed by atoms with Gasteiger partial charge in [0.2, 0.25) is 0 Å². The molecule has 19 heavy (non-hydrogen) atoms. The van der Waals surface area contributed by atoms with Gasteiger partial charge in [-0.3, -0.25) is 4.79 Å². The number of pyridine rings is 1. The van der Waals surface area contributed by atoms with Gasteiger partial charge >= 0.3 is 0 Å². The van der Waals surface area contributed by atoms with Crippen LogP contribution < -0.4 is 10.6 Å². The van der Waals surface area contributed by atoms with Gasteiger partial charge in [-0.2, -0.15) is 0 Å². The van der Waals surface area contributed by atoms with Crippen molar-refractivity contribution >= 4 is 11.7 Å². The average molecular weight is 265 g/mol. The van der Waals surface area contributed by atoms with E-state index in [0.29, 0.717) is 12.4 Å². The molecule has 1 amide bonds. The Morgan fingerprint density at radius 1 is 1.53 bits per heavy atom. The summed E-state index contributed by atoms with van der Waals surface area (Å²) in [7, 11) is 1.66. The van der Waals surface area contributed by atoms with Crippen molar-refractivity contribution in [3.05, 3.63) is 23.6 Å². The molecule has 1 aliphatic rings. The van der Waals surface area contributed by atoms with E-state index in [9.17, 15) is 9.18 Å². The maximum Gasteiger partial charge on any atom is 0.255 e. The molecule has 2 N–H and O–H groups in total. The molecule has 0 aliphatic heterocycles. The van der Waals surface area contributed by atoms with E-state index < -0.39 is 5.82 Å². The Labute approximate surface area is 112 Å². The maximum atomic E-state index is 13.2. The van der Waals surface area contributed by atoms with Crippen molar-refractivity contribution in [3.63, 3.8) is 0 Å². The van der Waals surface area contributed by atoms with E-state index in [-0.39, 0.29) is 16.9 Å². The molecule has 1 aromatic rings. The highest BCUT2D eigenvalue weighted by atomic mass is 19.1. The minimum atomic E-state index is -0.502. The molecule has 0 atom stereocenters. The highest BCUT2D eigenvalue weighted by molar-refractivity contribution is 5.98. The van der Waals surface area contributed by atoms with Crippen LogP contribution in [0.3, 0.4) is 0 Å². The van der Waals surface area contributed by atoms with Crippen LogP contribution in [0.15, 0.2) is 12.3 Å². The molecule has 0 spiro atoms. The summed E-state index contributed by atoms with van der Waals surface area (Å²) >= 11 is 0. The third-order valence-electron chi connectivity index (χ3n) is 4.12. The number of rotatable bonds is 5. The van der Waals surface area contributed by atoms with Crippen LogP contribution in [0, 0.1) is 11.2 Å². The molecule has 0 bridgehead atoms. The summed E-state index contributed by atoms with van der Waals surface area (Å²) < 4.78 is 13.2. The normalized spacial score (nSPS) is 16.6. The highest BCUT2D eigenvalue weighted by Crippen LogP contribution is 2.43. The predicted molar refractivity (Wildman–Crippen MR) is 72.6 cm³/mol. The molecule has 0 saturated heterocycles. The van der Waals surface area contributed by atoms with Crippen LogP contribution in [-0.2, 0) is 0 Å². The van der Waals surface area contributed by atoms with Crippen molar-refractivity contribution in [2.75, 3.05) is 18.9 Å². The highest BCUT2D eigenvalue weighted by Gasteiger charge is 2.35. The second kappa shape index (κ2) is 5.55. The summed E-state index contributed by atoms with van der Waals surface area (Å²) in [4.78, 5) is 16.0. The Morgan fingerprint density at radius 2 is 2.26 bits per heavy atom. The van der Waals surface area contributed by atoms with Crippen LogP contribution in [0.2, 0.25) is 0 Å². The molecule has 4 nitrogen and oxygen atoms in total. The van der Waals surface area contributed by atoms with E-state index in [1.54, 1.807) is 7.05 Å². The van der Waals surface area contributed by atoms with E-state index >= 15 is 0 Å². The number of nitrogens with zero attached hydrogens (tertiary/aromatic N) is 1. The molecule has 5 heteroatoms. The number of carbonyl (C=O) groups excluding carboxylic acids is 1. The lowest BCUT2D eigenvalue weighted by molar-refractivity contribution is 0.0850. The lowest BCUT2D eigenvalue weighted by atomic mass is 9.67. The van der Waals surface area contributed by atoms with Gasteiger partial charge in [0.15, 0.2) is 0 Å². The zero-order valence-electron chi connectivity index (χ0n) is 11.4. The zero-order chi connectivity index (χ0) is 13.9. The quantitative estimate of drug-likeness (QED) is 0.860. The molecule has 0 unspecified atom stereocenters. The number of hydrogen-bond acceptors (Lipinski definition) is 3. The Morgan fingerprint density at radius 3 is 2.79 bits per heavy atom. The monoisotopic (exact) mass is 265 g/mol.